The molecule has 3 nitrogen and oxygen atoms in total. The highest BCUT2D eigenvalue weighted by atomic mass is 35.5. The molecule has 0 aromatic heterocycles. The van der Waals surface area contributed by atoms with E-state index in [1.165, 1.54) is 31.0 Å². The van der Waals surface area contributed by atoms with E-state index in [9.17, 15) is 9.18 Å². The number of halogens is 2. The minimum Gasteiger partial charge on any atom is -0.342 e. The number of amides is 1. The topological polar surface area (TPSA) is 32.3 Å². The largest absolute Gasteiger partial charge is 0.342 e. The molecule has 5 heteroatoms. The lowest BCUT2D eigenvalue weighted by Gasteiger charge is -2.25. The Morgan fingerprint density at radius 2 is 2.35 bits per heavy atom. The molecule has 0 bridgehead atoms. The van der Waals surface area contributed by atoms with Crippen molar-refractivity contribution in [3.8, 4) is 0 Å². The van der Waals surface area contributed by atoms with Crippen molar-refractivity contribution in [3.63, 3.8) is 0 Å². The van der Waals surface area contributed by atoms with Gasteiger partial charge in [0.2, 0.25) is 0 Å². The van der Waals surface area contributed by atoms with E-state index < -0.39 is 5.82 Å². The maximum atomic E-state index is 13.7. The summed E-state index contributed by atoms with van der Waals surface area (Å²) in [5.74, 6) is -0.234. The number of piperidine rings is 1. The lowest BCUT2D eigenvalue weighted by Crippen LogP contribution is -2.34. The van der Waals surface area contributed by atoms with Crippen LogP contribution in [-0.2, 0) is 0 Å². The van der Waals surface area contributed by atoms with E-state index in [-0.39, 0.29) is 11.5 Å². The quantitative estimate of drug-likeness (QED) is 0.927. The average Bonchev–Trinajstić information content (AvgIpc) is 2.47. The van der Waals surface area contributed by atoms with Crippen LogP contribution in [0.15, 0.2) is 18.2 Å². The van der Waals surface area contributed by atoms with Gasteiger partial charge in [0.15, 0.2) is 0 Å². The van der Waals surface area contributed by atoms with Crippen LogP contribution in [0, 0.1) is 11.7 Å². The van der Waals surface area contributed by atoms with Gasteiger partial charge in [-0.1, -0.05) is 11.6 Å². The molecule has 0 spiro atoms. The summed E-state index contributed by atoms with van der Waals surface area (Å²) in [6.45, 7) is 2.73. The zero-order valence-corrected chi connectivity index (χ0v) is 12.4. The van der Waals surface area contributed by atoms with E-state index in [0.29, 0.717) is 17.5 Å². The molecule has 1 amide bonds. The van der Waals surface area contributed by atoms with E-state index in [1.54, 1.807) is 11.9 Å². The number of carbonyl (C=O) groups is 1. The van der Waals surface area contributed by atoms with Gasteiger partial charge >= 0.3 is 0 Å². The molecule has 0 radical (unpaired) electrons. The van der Waals surface area contributed by atoms with E-state index in [0.717, 1.165) is 19.5 Å². The second-order valence-corrected chi connectivity index (χ2v) is 5.79. The summed E-state index contributed by atoms with van der Waals surface area (Å²) in [5.41, 5.74) is 0.0433. The molecule has 1 atom stereocenters. The third-order valence-corrected chi connectivity index (χ3v) is 4.01. The number of nitrogens with zero attached hydrogens (tertiary/aromatic N) is 1. The molecule has 1 aromatic rings. The maximum absolute atomic E-state index is 13.7. The molecule has 1 aromatic carbocycles. The van der Waals surface area contributed by atoms with Gasteiger partial charge in [-0.25, -0.2) is 4.39 Å². The van der Waals surface area contributed by atoms with Crippen molar-refractivity contribution in [2.24, 2.45) is 5.92 Å². The second kappa shape index (κ2) is 7.04. The van der Waals surface area contributed by atoms with Crippen molar-refractivity contribution in [2.45, 2.75) is 19.3 Å². The molecule has 20 heavy (non-hydrogen) atoms. The number of hydrogen-bond donors (Lipinski definition) is 1. The van der Waals surface area contributed by atoms with Crippen molar-refractivity contribution in [2.75, 3.05) is 26.7 Å². The summed E-state index contributed by atoms with van der Waals surface area (Å²) in [4.78, 5) is 13.8. The lowest BCUT2D eigenvalue weighted by atomic mass is 9.96. The fourth-order valence-corrected chi connectivity index (χ4v) is 2.69. The van der Waals surface area contributed by atoms with E-state index in [4.69, 9.17) is 11.6 Å². The van der Waals surface area contributed by atoms with Crippen molar-refractivity contribution in [1.82, 2.24) is 10.2 Å². The van der Waals surface area contributed by atoms with E-state index in [1.807, 2.05) is 0 Å². The smallest absolute Gasteiger partial charge is 0.256 e. The third kappa shape index (κ3) is 3.93. The van der Waals surface area contributed by atoms with Crippen LogP contribution >= 0.6 is 11.6 Å². The van der Waals surface area contributed by atoms with E-state index >= 15 is 0 Å². The van der Waals surface area contributed by atoms with Gasteiger partial charge in [-0.05, 0) is 56.5 Å². The maximum Gasteiger partial charge on any atom is 0.256 e. The first-order valence-corrected chi connectivity index (χ1v) is 7.37. The predicted molar refractivity (Wildman–Crippen MR) is 78.6 cm³/mol. The van der Waals surface area contributed by atoms with Crippen molar-refractivity contribution in [1.29, 1.82) is 0 Å². The van der Waals surface area contributed by atoms with Crippen LogP contribution in [0.4, 0.5) is 4.39 Å². The van der Waals surface area contributed by atoms with Crippen LogP contribution in [0.5, 0.6) is 0 Å². The first kappa shape index (κ1) is 15.3. The number of benzene rings is 1. The van der Waals surface area contributed by atoms with Gasteiger partial charge in [0.1, 0.15) is 5.82 Å². The molecule has 0 aliphatic carbocycles. The molecule has 1 N–H and O–H groups in total. The molecular formula is C15H20ClFN2O. The Hall–Kier alpha value is -1.13. The minimum atomic E-state index is -0.523. The van der Waals surface area contributed by atoms with Gasteiger partial charge in [-0.2, -0.15) is 0 Å². The molecule has 1 saturated heterocycles. The fourth-order valence-electron chi connectivity index (χ4n) is 2.52. The molecule has 110 valence electrons. The lowest BCUT2D eigenvalue weighted by molar-refractivity contribution is 0.0780. The molecule has 1 unspecified atom stereocenters. The SMILES string of the molecule is CN(CCC1CCCNC1)C(=O)c1cc(Cl)ccc1F. The highest BCUT2D eigenvalue weighted by Gasteiger charge is 2.19. The Morgan fingerprint density at radius 1 is 1.55 bits per heavy atom. The Balaban J connectivity index is 1.92. The molecule has 0 saturated carbocycles. The summed E-state index contributed by atoms with van der Waals surface area (Å²) >= 11 is 5.82. The monoisotopic (exact) mass is 298 g/mol. The zero-order chi connectivity index (χ0) is 14.5. The summed E-state index contributed by atoms with van der Waals surface area (Å²) in [6.07, 6.45) is 3.32. The first-order chi connectivity index (χ1) is 9.58. The van der Waals surface area contributed by atoms with E-state index in [2.05, 4.69) is 5.32 Å². The molecule has 1 heterocycles. The summed E-state index contributed by atoms with van der Waals surface area (Å²) in [6, 6.07) is 4.06. The molecule has 1 aliphatic heterocycles. The average molecular weight is 299 g/mol. The van der Waals surface area contributed by atoms with Crippen LogP contribution < -0.4 is 5.32 Å². The molecule has 2 rings (SSSR count). The van der Waals surface area contributed by atoms with Gasteiger partial charge in [0.05, 0.1) is 5.56 Å². The van der Waals surface area contributed by atoms with Gasteiger partial charge in [-0.15, -0.1) is 0 Å². The van der Waals surface area contributed by atoms with Gasteiger partial charge < -0.3 is 10.2 Å². The summed E-state index contributed by atoms with van der Waals surface area (Å²) in [5, 5.41) is 3.73. The van der Waals surface area contributed by atoms with Crippen LogP contribution in [0.1, 0.15) is 29.6 Å². The zero-order valence-electron chi connectivity index (χ0n) is 11.7. The van der Waals surface area contributed by atoms with Crippen molar-refractivity contribution >= 4 is 17.5 Å². The number of hydrogen-bond acceptors (Lipinski definition) is 2. The Bertz CT molecular complexity index is 475. The first-order valence-electron chi connectivity index (χ1n) is 6.99. The summed E-state index contributed by atoms with van der Waals surface area (Å²) < 4.78 is 13.7. The highest BCUT2D eigenvalue weighted by molar-refractivity contribution is 6.30. The normalized spacial score (nSPS) is 18.9. The predicted octanol–water partition coefficient (Wildman–Crippen LogP) is 2.94. The van der Waals surface area contributed by atoms with Crippen molar-refractivity contribution < 1.29 is 9.18 Å². The van der Waals surface area contributed by atoms with Gasteiger partial charge in [0, 0.05) is 18.6 Å². The van der Waals surface area contributed by atoms with Crippen LogP contribution in [0.2, 0.25) is 5.02 Å². The molecule has 1 fully saturated rings. The fraction of sp³-hybridized carbons (Fsp3) is 0.533. The number of rotatable bonds is 4. The third-order valence-electron chi connectivity index (χ3n) is 3.78. The van der Waals surface area contributed by atoms with Gasteiger partial charge in [0.25, 0.3) is 5.91 Å². The van der Waals surface area contributed by atoms with Gasteiger partial charge in [-0.3, -0.25) is 4.79 Å². The molecular weight excluding hydrogens is 279 g/mol. The Labute approximate surface area is 124 Å². The summed E-state index contributed by atoms with van der Waals surface area (Å²) in [7, 11) is 1.71. The Morgan fingerprint density at radius 3 is 3.05 bits per heavy atom. The second-order valence-electron chi connectivity index (χ2n) is 5.35. The number of carbonyl (C=O) groups excluding carboxylic acids is 1. The standard InChI is InChI=1S/C15H20ClFN2O/c1-19(8-6-11-3-2-7-18-10-11)15(20)13-9-12(16)4-5-14(13)17/h4-5,9,11,18H,2-3,6-8,10H2,1H3. The minimum absolute atomic E-state index is 0.0433. The van der Waals surface area contributed by atoms with Crippen LogP contribution in [0.3, 0.4) is 0 Å². The number of nitrogens with one attached hydrogen (secondary N) is 1. The van der Waals surface area contributed by atoms with Crippen molar-refractivity contribution in [3.05, 3.63) is 34.6 Å². The molecule has 1 aliphatic rings. The van der Waals surface area contributed by atoms with Crippen LogP contribution in [-0.4, -0.2) is 37.5 Å². The highest BCUT2D eigenvalue weighted by Crippen LogP contribution is 2.18. The Kier molecular flexibility index (Phi) is 5.38. The van der Waals surface area contributed by atoms with Crippen LogP contribution in [0.25, 0.3) is 0 Å².